The van der Waals surface area contributed by atoms with Crippen LogP contribution in [0.5, 0.6) is 0 Å². The Morgan fingerprint density at radius 3 is 2.20 bits per heavy atom. The second-order valence-electron chi connectivity index (χ2n) is 4.93. The van der Waals surface area contributed by atoms with Gasteiger partial charge in [0, 0.05) is 30.9 Å². The maximum Gasteiger partial charge on any atom is 0.269 e. The van der Waals surface area contributed by atoms with Gasteiger partial charge in [-0.1, -0.05) is 12.1 Å². The molecule has 1 amide bonds. The molecular weight excluding hydrogens is 346 g/mol. The first-order valence-corrected chi connectivity index (χ1v) is 8.57. The monoisotopic (exact) mass is 361 g/mol. The van der Waals surface area contributed by atoms with E-state index in [0.29, 0.717) is 5.56 Å². The number of anilines is 1. The highest BCUT2D eigenvalue weighted by atomic mass is 32.2. The lowest BCUT2D eigenvalue weighted by atomic mass is 10.2. The Morgan fingerprint density at radius 2 is 1.68 bits per heavy atom. The molecule has 0 aliphatic carbocycles. The van der Waals surface area contributed by atoms with E-state index in [-0.39, 0.29) is 22.2 Å². The number of nitro benzene ring substituents is 1. The lowest BCUT2D eigenvalue weighted by molar-refractivity contribution is -0.384. The first-order chi connectivity index (χ1) is 11.8. The molecule has 8 nitrogen and oxygen atoms in total. The van der Waals surface area contributed by atoms with E-state index in [1.54, 1.807) is 18.2 Å². The fraction of sp³-hybridized carbons (Fsp3) is 0.0625. The molecule has 0 fully saturated rings. The predicted octanol–water partition coefficient (Wildman–Crippen LogP) is 2.15. The number of nitro groups is 1. The number of benzene rings is 2. The Hall–Kier alpha value is -3.20. The fourth-order valence-electron chi connectivity index (χ4n) is 1.88. The summed E-state index contributed by atoms with van der Waals surface area (Å²) in [7, 11) is -2.32. The van der Waals surface area contributed by atoms with Crippen LogP contribution >= 0.6 is 0 Å². The maximum absolute atomic E-state index is 12.3. The van der Waals surface area contributed by atoms with Gasteiger partial charge in [0.15, 0.2) is 0 Å². The SMILES string of the molecule is CNC(=O)/C=C/c1ccc(S(=O)(=O)Nc2ccc([N+](=O)[O-])cc2)cc1. The zero-order valence-electron chi connectivity index (χ0n) is 13.2. The molecule has 0 radical (unpaired) electrons. The lowest BCUT2D eigenvalue weighted by Gasteiger charge is -2.08. The molecule has 25 heavy (non-hydrogen) atoms. The van der Waals surface area contributed by atoms with Gasteiger partial charge in [-0.2, -0.15) is 0 Å². The number of hydrogen-bond donors (Lipinski definition) is 2. The second-order valence-corrected chi connectivity index (χ2v) is 6.61. The third kappa shape index (κ3) is 4.88. The van der Waals surface area contributed by atoms with Crippen LogP contribution in [-0.2, 0) is 14.8 Å². The van der Waals surface area contributed by atoms with E-state index in [1.165, 1.54) is 49.5 Å². The summed E-state index contributed by atoms with van der Waals surface area (Å²) in [5, 5.41) is 13.0. The summed E-state index contributed by atoms with van der Waals surface area (Å²) in [6, 6.07) is 11.0. The third-order valence-corrected chi connectivity index (χ3v) is 4.59. The Bertz CT molecular complexity index is 904. The number of likely N-dealkylation sites (N-methyl/N-ethyl adjacent to an activating group) is 1. The molecule has 0 aromatic heterocycles. The molecule has 0 saturated heterocycles. The van der Waals surface area contributed by atoms with E-state index >= 15 is 0 Å². The minimum absolute atomic E-state index is 0.0305. The molecule has 9 heteroatoms. The van der Waals surface area contributed by atoms with E-state index < -0.39 is 14.9 Å². The van der Waals surface area contributed by atoms with Crippen molar-refractivity contribution in [3.63, 3.8) is 0 Å². The van der Waals surface area contributed by atoms with Crippen LogP contribution < -0.4 is 10.0 Å². The van der Waals surface area contributed by atoms with Gasteiger partial charge in [-0.3, -0.25) is 19.6 Å². The quantitative estimate of drug-likeness (QED) is 0.464. The average Bonchev–Trinajstić information content (AvgIpc) is 2.60. The van der Waals surface area contributed by atoms with Gasteiger partial charge in [0.25, 0.3) is 15.7 Å². The highest BCUT2D eigenvalue weighted by Gasteiger charge is 2.14. The van der Waals surface area contributed by atoms with Gasteiger partial charge < -0.3 is 5.32 Å². The number of rotatable bonds is 6. The van der Waals surface area contributed by atoms with Crippen LogP contribution in [0.2, 0.25) is 0 Å². The summed E-state index contributed by atoms with van der Waals surface area (Å²) >= 11 is 0. The largest absolute Gasteiger partial charge is 0.356 e. The Balaban J connectivity index is 2.15. The third-order valence-electron chi connectivity index (χ3n) is 3.19. The zero-order valence-corrected chi connectivity index (χ0v) is 14.0. The fourth-order valence-corrected chi connectivity index (χ4v) is 2.94. The summed E-state index contributed by atoms with van der Waals surface area (Å²) in [5.74, 6) is -0.267. The zero-order chi connectivity index (χ0) is 18.4. The number of amides is 1. The molecule has 2 N–H and O–H groups in total. The first kappa shape index (κ1) is 18.1. The molecule has 0 spiro atoms. The van der Waals surface area contributed by atoms with Gasteiger partial charge in [-0.05, 0) is 35.9 Å². The van der Waals surface area contributed by atoms with Gasteiger partial charge in [-0.15, -0.1) is 0 Å². The smallest absolute Gasteiger partial charge is 0.269 e. The van der Waals surface area contributed by atoms with Crippen molar-refractivity contribution in [3.8, 4) is 0 Å². The molecular formula is C16H15N3O5S. The van der Waals surface area contributed by atoms with E-state index in [4.69, 9.17) is 0 Å². The predicted molar refractivity (Wildman–Crippen MR) is 93.4 cm³/mol. The van der Waals surface area contributed by atoms with Crippen LogP contribution in [0.15, 0.2) is 59.5 Å². The van der Waals surface area contributed by atoms with E-state index in [0.717, 1.165) is 0 Å². The normalized spacial score (nSPS) is 11.2. The summed E-state index contributed by atoms with van der Waals surface area (Å²) in [5.41, 5.74) is 0.752. The minimum Gasteiger partial charge on any atom is -0.356 e. The Kier molecular flexibility index (Phi) is 5.50. The summed E-state index contributed by atoms with van der Waals surface area (Å²) in [4.78, 5) is 21.2. The molecule has 130 valence electrons. The number of nitrogens with one attached hydrogen (secondary N) is 2. The van der Waals surface area contributed by atoms with E-state index in [1.807, 2.05) is 0 Å². The second kappa shape index (κ2) is 7.58. The molecule has 0 aliphatic rings. The summed E-state index contributed by atoms with van der Waals surface area (Å²) in [6.45, 7) is 0. The van der Waals surface area contributed by atoms with Crippen molar-refractivity contribution in [2.75, 3.05) is 11.8 Å². The molecule has 2 rings (SSSR count). The van der Waals surface area contributed by atoms with Crippen LogP contribution in [0.1, 0.15) is 5.56 Å². The van der Waals surface area contributed by atoms with Crippen molar-refractivity contribution in [2.45, 2.75) is 4.90 Å². The summed E-state index contributed by atoms with van der Waals surface area (Å²) in [6.07, 6.45) is 2.89. The van der Waals surface area contributed by atoms with Crippen molar-refractivity contribution >= 4 is 33.4 Å². The number of nitrogens with zero attached hydrogens (tertiary/aromatic N) is 1. The number of carbonyl (C=O) groups excluding carboxylic acids is 1. The lowest BCUT2D eigenvalue weighted by Crippen LogP contribution is -2.14. The van der Waals surface area contributed by atoms with E-state index in [9.17, 15) is 23.3 Å². The molecule has 0 aliphatic heterocycles. The van der Waals surface area contributed by atoms with Crippen LogP contribution in [0.25, 0.3) is 6.08 Å². The Morgan fingerprint density at radius 1 is 1.08 bits per heavy atom. The summed E-state index contributed by atoms with van der Waals surface area (Å²) < 4.78 is 27.0. The number of sulfonamides is 1. The van der Waals surface area contributed by atoms with Crippen molar-refractivity contribution < 1.29 is 18.1 Å². The first-order valence-electron chi connectivity index (χ1n) is 7.09. The van der Waals surface area contributed by atoms with Crippen LogP contribution in [0.3, 0.4) is 0 Å². The van der Waals surface area contributed by atoms with Crippen molar-refractivity contribution in [1.82, 2.24) is 5.32 Å². The van der Waals surface area contributed by atoms with Crippen molar-refractivity contribution in [2.24, 2.45) is 0 Å². The number of carbonyl (C=O) groups is 1. The molecule has 2 aromatic carbocycles. The standard InChI is InChI=1S/C16H15N3O5S/c1-17-16(20)11-4-12-2-9-15(10-3-12)25(23,24)18-13-5-7-14(8-6-13)19(21)22/h2-11,18H,1H3,(H,17,20)/b11-4+. The highest BCUT2D eigenvalue weighted by molar-refractivity contribution is 7.92. The maximum atomic E-state index is 12.3. The van der Waals surface area contributed by atoms with Crippen LogP contribution in [0, 0.1) is 10.1 Å². The van der Waals surface area contributed by atoms with Crippen molar-refractivity contribution in [3.05, 3.63) is 70.3 Å². The molecule has 0 saturated carbocycles. The molecule has 0 unspecified atom stereocenters. The molecule has 2 aromatic rings. The minimum atomic E-state index is -3.82. The molecule has 0 atom stereocenters. The van der Waals surface area contributed by atoms with Gasteiger partial charge in [0.1, 0.15) is 0 Å². The van der Waals surface area contributed by atoms with Crippen LogP contribution in [-0.4, -0.2) is 26.3 Å². The van der Waals surface area contributed by atoms with Crippen molar-refractivity contribution in [1.29, 1.82) is 0 Å². The molecule has 0 heterocycles. The topological polar surface area (TPSA) is 118 Å². The highest BCUT2D eigenvalue weighted by Crippen LogP contribution is 2.20. The van der Waals surface area contributed by atoms with E-state index in [2.05, 4.69) is 10.0 Å². The molecule has 0 bridgehead atoms. The van der Waals surface area contributed by atoms with Crippen LogP contribution in [0.4, 0.5) is 11.4 Å². The Labute approximate surface area is 144 Å². The average molecular weight is 361 g/mol. The number of non-ortho nitro benzene ring substituents is 1. The van der Waals surface area contributed by atoms with Gasteiger partial charge in [0.2, 0.25) is 5.91 Å². The number of hydrogen-bond acceptors (Lipinski definition) is 5. The van der Waals surface area contributed by atoms with Gasteiger partial charge in [-0.25, -0.2) is 8.42 Å². The van der Waals surface area contributed by atoms with Gasteiger partial charge >= 0.3 is 0 Å². The van der Waals surface area contributed by atoms with Gasteiger partial charge in [0.05, 0.1) is 9.82 Å².